The van der Waals surface area contributed by atoms with Gasteiger partial charge in [0.2, 0.25) is 0 Å². The zero-order chi connectivity index (χ0) is 14.0. The molecule has 0 aliphatic heterocycles. The average Bonchev–Trinajstić information content (AvgIpc) is 3.07. The zero-order valence-electron chi connectivity index (χ0n) is 11.8. The second-order valence-electron chi connectivity index (χ2n) is 6.01. The van der Waals surface area contributed by atoms with Crippen molar-refractivity contribution < 1.29 is 9.90 Å². The molecule has 1 aromatic rings. The molecule has 1 aromatic heterocycles. The Morgan fingerprint density at radius 2 is 2.11 bits per heavy atom. The molecule has 1 heterocycles. The first-order valence-electron chi connectivity index (χ1n) is 6.98. The van der Waals surface area contributed by atoms with Crippen LogP contribution in [-0.2, 0) is 11.3 Å². The third kappa shape index (κ3) is 3.52. The number of aromatic nitrogens is 4. The monoisotopic (exact) mass is 266 g/mol. The van der Waals surface area contributed by atoms with Crippen LogP contribution in [0, 0.1) is 17.8 Å². The fraction of sp³-hybridized carbons (Fsp3) is 0.846. The summed E-state index contributed by atoms with van der Waals surface area (Å²) in [6, 6.07) is 0. The molecule has 0 spiro atoms. The highest BCUT2D eigenvalue weighted by atomic mass is 16.4. The average molecular weight is 266 g/mol. The molecule has 0 saturated heterocycles. The lowest BCUT2D eigenvalue weighted by Crippen LogP contribution is -2.24. The van der Waals surface area contributed by atoms with E-state index in [0.29, 0.717) is 30.7 Å². The molecule has 1 aliphatic carbocycles. The Balaban J connectivity index is 2.08. The Labute approximate surface area is 113 Å². The van der Waals surface area contributed by atoms with Gasteiger partial charge in [0.1, 0.15) is 0 Å². The lowest BCUT2D eigenvalue weighted by Gasteiger charge is -2.16. The number of carboxylic acids is 1. The van der Waals surface area contributed by atoms with Gasteiger partial charge in [0.05, 0.1) is 12.5 Å². The van der Waals surface area contributed by atoms with Crippen molar-refractivity contribution in [2.24, 2.45) is 17.8 Å². The van der Waals surface area contributed by atoms with E-state index < -0.39 is 11.9 Å². The van der Waals surface area contributed by atoms with E-state index in [1.807, 2.05) is 13.8 Å². The van der Waals surface area contributed by atoms with Crippen molar-refractivity contribution in [3.8, 4) is 0 Å². The van der Waals surface area contributed by atoms with Crippen LogP contribution in [0.1, 0.15) is 51.8 Å². The fourth-order valence-corrected chi connectivity index (χ4v) is 2.51. The number of hydrogen-bond acceptors (Lipinski definition) is 4. The van der Waals surface area contributed by atoms with Crippen LogP contribution in [0.4, 0.5) is 0 Å². The molecule has 2 unspecified atom stereocenters. The van der Waals surface area contributed by atoms with Gasteiger partial charge in [0.25, 0.3) is 0 Å². The Kier molecular flexibility index (Phi) is 4.17. The van der Waals surface area contributed by atoms with Crippen LogP contribution in [0.25, 0.3) is 0 Å². The maximum absolute atomic E-state index is 11.3. The highest BCUT2D eigenvalue weighted by Gasteiger charge is 2.33. The van der Waals surface area contributed by atoms with Crippen LogP contribution in [-0.4, -0.2) is 31.3 Å². The zero-order valence-corrected chi connectivity index (χ0v) is 11.8. The van der Waals surface area contributed by atoms with Crippen molar-refractivity contribution in [1.82, 2.24) is 20.2 Å². The van der Waals surface area contributed by atoms with Gasteiger partial charge in [-0.2, -0.15) is 0 Å². The molecule has 19 heavy (non-hydrogen) atoms. The summed E-state index contributed by atoms with van der Waals surface area (Å²) in [7, 11) is 0. The van der Waals surface area contributed by atoms with Gasteiger partial charge in [-0.1, -0.05) is 20.8 Å². The molecule has 0 amide bonds. The van der Waals surface area contributed by atoms with E-state index in [1.165, 1.54) is 12.8 Å². The molecule has 1 saturated carbocycles. The van der Waals surface area contributed by atoms with Crippen molar-refractivity contribution in [3.63, 3.8) is 0 Å². The van der Waals surface area contributed by atoms with Gasteiger partial charge in [0.15, 0.2) is 5.82 Å². The molecule has 0 bridgehead atoms. The SMILES string of the molecule is CC(C)CC(Cn1nnnc1C(C)C1CC1)C(=O)O. The summed E-state index contributed by atoms with van der Waals surface area (Å²) in [4.78, 5) is 11.3. The Morgan fingerprint density at radius 3 is 2.63 bits per heavy atom. The largest absolute Gasteiger partial charge is 0.481 e. The van der Waals surface area contributed by atoms with Crippen molar-refractivity contribution in [2.45, 2.75) is 52.5 Å². The second kappa shape index (κ2) is 5.67. The lowest BCUT2D eigenvalue weighted by molar-refractivity contribution is -0.142. The van der Waals surface area contributed by atoms with E-state index in [0.717, 1.165) is 5.82 Å². The number of rotatable bonds is 7. The molecule has 6 nitrogen and oxygen atoms in total. The van der Waals surface area contributed by atoms with E-state index in [1.54, 1.807) is 4.68 Å². The summed E-state index contributed by atoms with van der Waals surface area (Å²) in [6.07, 6.45) is 3.09. The molecule has 0 aromatic carbocycles. The summed E-state index contributed by atoms with van der Waals surface area (Å²) in [5.41, 5.74) is 0. The van der Waals surface area contributed by atoms with Gasteiger partial charge < -0.3 is 5.11 Å². The van der Waals surface area contributed by atoms with E-state index in [-0.39, 0.29) is 0 Å². The molecular formula is C13H22N4O2. The van der Waals surface area contributed by atoms with Crippen molar-refractivity contribution in [3.05, 3.63) is 5.82 Å². The molecular weight excluding hydrogens is 244 g/mol. The van der Waals surface area contributed by atoms with Crippen molar-refractivity contribution in [2.75, 3.05) is 0 Å². The Morgan fingerprint density at radius 1 is 1.42 bits per heavy atom. The van der Waals surface area contributed by atoms with Crippen molar-refractivity contribution >= 4 is 5.97 Å². The third-order valence-corrected chi connectivity index (χ3v) is 3.79. The first-order valence-corrected chi connectivity index (χ1v) is 6.98. The topological polar surface area (TPSA) is 80.9 Å². The summed E-state index contributed by atoms with van der Waals surface area (Å²) in [6.45, 7) is 6.55. The Hall–Kier alpha value is -1.46. The molecule has 106 valence electrons. The summed E-state index contributed by atoms with van der Waals surface area (Å²) in [5.74, 6) is 0.976. The molecule has 2 atom stereocenters. The third-order valence-electron chi connectivity index (χ3n) is 3.79. The number of carboxylic acid groups (broad SMARTS) is 1. The van der Waals surface area contributed by atoms with Crippen LogP contribution < -0.4 is 0 Å². The van der Waals surface area contributed by atoms with Crippen molar-refractivity contribution in [1.29, 1.82) is 0 Å². The van der Waals surface area contributed by atoms with Gasteiger partial charge in [0, 0.05) is 5.92 Å². The minimum atomic E-state index is -0.769. The van der Waals surface area contributed by atoms with Gasteiger partial charge in [-0.25, -0.2) is 4.68 Å². The van der Waals surface area contributed by atoms with Crippen LogP contribution in [0.15, 0.2) is 0 Å². The molecule has 2 rings (SSSR count). The van der Waals surface area contributed by atoms with Gasteiger partial charge in [-0.3, -0.25) is 4.79 Å². The first kappa shape index (κ1) is 14.0. The lowest BCUT2D eigenvalue weighted by atomic mass is 9.97. The minimum absolute atomic E-state index is 0.323. The normalized spacial score (nSPS) is 18.5. The van der Waals surface area contributed by atoms with Crippen LogP contribution >= 0.6 is 0 Å². The van der Waals surface area contributed by atoms with Gasteiger partial charge in [-0.05, 0) is 41.5 Å². The van der Waals surface area contributed by atoms with E-state index >= 15 is 0 Å². The fourth-order valence-electron chi connectivity index (χ4n) is 2.51. The van der Waals surface area contributed by atoms with E-state index in [2.05, 4.69) is 22.4 Å². The number of aliphatic carboxylic acids is 1. The summed E-state index contributed by atoms with van der Waals surface area (Å²) < 4.78 is 1.68. The minimum Gasteiger partial charge on any atom is -0.481 e. The maximum Gasteiger partial charge on any atom is 0.308 e. The number of tetrazole rings is 1. The summed E-state index contributed by atoms with van der Waals surface area (Å²) >= 11 is 0. The highest BCUT2D eigenvalue weighted by molar-refractivity contribution is 5.69. The quantitative estimate of drug-likeness (QED) is 0.815. The van der Waals surface area contributed by atoms with E-state index in [9.17, 15) is 9.90 Å². The van der Waals surface area contributed by atoms with Gasteiger partial charge >= 0.3 is 5.97 Å². The second-order valence-corrected chi connectivity index (χ2v) is 6.01. The highest BCUT2D eigenvalue weighted by Crippen LogP contribution is 2.41. The predicted molar refractivity (Wildman–Crippen MR) is 69.5 cm³/mol. The summed E-state index contributed by atoms with van der Waals surface area (Å²) in [5, 5.41) is 21.1. The van der Waals surface area contributed by atoms with Crippen LogP contribution in [0.3, 0.4) is 0 Å². The predicted octanol–water partition coefficient (Wildman–Crippen LogP) is 1.93. The van der Waals surface area contributed by atoms with Crippen LogP contribution in [0.2, 0.25) is 0 Å². The molecule has 0 radical (unpaired) electrons. The number of carbonyl (C=O) groups is 1. The molecule has 1 N–H and O–H groups in total. The molecule has 6 heteroatoms. The Bertz CT molecular complexity index is 440. The smallest absolute Gasteiger partial charge is 0.308 e. The number of hydrogen-bond donors (Lipinski definition) is 1. The maximum atomic E-state index is 11.3. The molecule has 1 fully saturated rings. The standard InChI is InChI=1S/C13H22N4O2/c1-8(2)6-11(13(18)19)7-17-12(14-15-16-17)9(3)10-4-5-10/h8-11H,4-7H2,1-3H3,(H,18,19). The number of nitrogens with zero attached hydrogens (tertiary/aromatic N) is 4. The van der Waals surface area contributed by atoms with Gasteiger partial charge in [-0.15, -0.1) is 5.10 Å². The van der Waals surface area contributed by atoms with E-state index in [4.69, 9.17) is 0 Å². The van der Waals surface area contributed by atoms with Crippen LogP contribution in [0.5, 0.6) is 0 Å². The first-order chi connectivity index (χ1) is 8.99. The molecule has 1 aliphatic rings.